The average Bonchev–Trinajstić information content (AvgIpc) is 3.56. The molecular weight excluding hydrogens is 563 g/mol. The van der Waals surface area contributed by atoms with E-state index >= 15 is 4.39 Å². The molecule has 44 heavy (non-hydrogen) atoms. The molecule has 4 aliphatic rings. The molecule has 3 aromatic rings. The molecule has 2 amide bonds. The first-order valence-electron chi connectivity index (χ1n) is 14.5. The minimum absolute atomic E-state index is 0. The quantitative estimate of drug-likeness (QED) is 0.328. The van der Waals surface area contributed by atoms with Gasteiger partial charge in [0.2, 0.25) is 0 Å². The van der Waals surface area contributed by atoms with E-state index < -0.39 is 29.5 Å². The second-order valence-electron chi connectivity index (χ2n) is 13.2. The Hall–Kier alpha value is -3.68. The molecule has 0 radical (unpaired) electrons. The van der Waals surface area contributed by atoms with Crippen LogP contribution >= 0.6 is 0 Å². The van der Waals surface area contributed by atoms with Crippen LogP contribution in [0.25, 0.3) is 11.1 Å². The van der Waals surface area contributed by atoms with Crippen molar-refractivity contribution >= 4 is 24.0 Å². The van der Waals surface area contributed by atoms with Crippen LogP contribution in [0, 0.1) is 11.2 Å². The number of anilines is 1. The standard InChI is InChI=1S/C32H32F2N5O4.Li/c1-31(2,3)43-30(42)38-16-32(17-38)14-37(15-32)22-6-4-19(5-7-22)20-8-23-24(25(34)9-20)12-39(29(23)41)27(13-40)28-26-10-21(33)11-36(26)18-35-28;/h4-9,18,21,27H,10-12,14-17H2,1-3H3;/q-1;+1/t21-,27?;/m1./s1. The van der Waals surface area contributed by atoms with Gasteiger partial charge in [-0.2, -0.15) is 0 Å². The van der Waals surface area contributed by atoms with Gasteiger partial charge in [-0.3, -0.25) is 4.79 Å². The molecule has 2 aromatic carbocycles. The van der Waals surface area contributed by atoms with Gasteiger partial charge in [-0.15, -0.1) is 0 Å². The second-order valence-corrected chi connectivity index (χ2v) is 13.2. The summed E-state index contributed by atoms with van der Waals surface area (Å²) < 4.78 is 36.4. The topological polar surface area (TPSA) is 88.0 Å². The van der Waals surface area contributed by atoms with Crippen molar-refractivity contribution in [3.63, 3.8) is 0 Å². The second kappa shape index (κ2) is 10.7. The molecule has 0 saturated carbocycles. The van der Waals surface area contributed by atoms with Gasteiger partial charge in [0, 0.05) is 67.1 Å². The zero-order valence-corrected chi connectivity index (χ0v) is 25.3. The summed E-state index contributed by atoms with van der Waals surface area (Å²) in [6.07, 6.45) is 2.12. The Labute approximate surface area is 266 Å². The molecule has 1 spiro atoms. The van der Waals surface area contributed by atoms with E-state index in [2.05, 4.69) is 9.88 Å². The average molecular weight is 596 g/mol. The number of hydrogen-bond acceptors (Lipinski definition) is 6. The van der Waals surface area contributed by atoms with Gasteiger partial charge in [-0.1, -0.05) is 12.1 Å². The zero-order chi connectivity index (χ0) is 30.3. The maximum Gasteiger partial charge on any atom is 1.00 e. The first-order valence-corrected chi connectivity index (χ1v) is 14.5. The maximum atomic E-state index is 15.4. The first kappa shape index (κ1) is 30.3. The number of fused-ring (bicyclic) bond motifs is 2. The van der Waals surface area contributed by atoms with Gasteiger partial charge >= 0.3 is 25.0 Å². The molecule has 0 aliphatic carbocycles. The molecule has 12 heteroatoms. The number of ether oxygens (including phenoxy) is 1. The van der Waals surface area contributed by atoms with Crippen molar-refractivity contribution in [2.45, 2.75) is 58.1 Å². The summed E-state index contributed by atoms with van der Waals surface area (Å²) in [7, 11) is 0. The van der Waals surface area contributed by atoms with Gasteiger partial charge in [0.25, 0.3) is 5.91 Å². The largest absolute Gasteiger partial charge is 1.00 e. The maximum absolute atomic E-state index is 15.4. The monoisotopic (exact) mass is 595 g/mol. The minimum Gasteiger partial charge on any atom is -0.539 e. The van der Waals surface area contributed by atoms with Crippen molar-refractivity contribution in [1.82, 2.24) is 19.4 Å². The van der Waals surface area contributed by atoms with Crippen LogP contribution in [0.5, 0.6) is 0 Å². The number of benzene rings is 2. The van der Waals surface area contributed by atoms with E-state index in [9.17, 15) is 18.8 Å². The van der Waals surface area contributed by atoms with Crippen LogP contribution in [0.15, 0.2) is 42.7 Å². The molecule has 1 unspecified atom stereocenters. The minimum atomic E-state index is -1.14. The normalized spacial score (nSPS) is 20.4. The summed E-state index contributed by atoms with van der Waals surface area (Å²) >= 11 is 0. The molecular formula is C32H32F2LiN5O4. The number of likely N-dealkylation sites (tertiary alicyclic amines) is 1. The van der Waals surface area contributed by atoms with Gasteiger partial charge in [-0.05, 0) is 62.2 Å². The van der Waals surface area contributed by atoms with E-state index in [1.54, 1.807) is 15.5 Å². The van der Waals surface area contributed by atoms with Crippen LogP contribution in [-0.4, -0.2) is 75.6 Å². The number of amides is 2. The number of halogens is 2. The number of carbonyl (C=O) groups excluding carboxylic acids is 3. The number of hydrogen-bond donors (Lipinski definition) is 0. The Balaban J connectivity index is 0.00000343. The molecule has 0 N–H and O–H groups in total. The number of nitrogens with zero attached hydrogens (tertiary/aromatic N) is 5. The van der Waals surface area contributed by atoms with E-state index in [4.69, 9.17) is 4.74 Å². The summed E-state index contributed by atoms with van der Waals surface area (Å²) in [6.45, 7) is 8.68. The van der Waals surface area contributed by atoms with Crippen molar-refractivity contribution in [2.24, 2.45) is 5.41 Å². The predicted molar refractivity (Wildman–Crippen MR) is 153 cm³/mol. The third-order valence-corrected chi connectivity index (χ3v) is 8.81. The predicted octanol–water partition coefficient (Wildman–Crippen LogP) is 1.45. The van der Waals surface area contributed by atoms with Crippen LogP contribution in [-0.2, 0) is 29.0 Å². The summed E-state index contributed by atoms with van der Waals surface area (Å²) in [5, 5.41) is 0. The van der Waals surface area contributed by atoms with Crippen LogP contribution < -0.4 is 23.8 Å². The first-order chi connectivity index (χ1) is 20.4. The van der Waals surface area contributed by atoms with E-state index in [-0.39, 0.29) is 61.0 Å². The Morgan fingerprint density at radius 3 is 2.48 bits per heavy atom. The van der Waals surface area contributed by atoms with Crippen molar-refractivity contribution in [3.8, 4) is 11.1 Å². The van der Waals surface area contributed by atoms with Gasteiger partial charge in [0.1, 0.15) is 17.6 Å². The number of rotatable bonds is 5. The fraction of sp³-hybridized carbons (Fsp3) is 0.438. The zero-order valence-electron chi connectivity index (χ0n) is 25.3. The van der Waals surface area contributed by atoms with Gasteiger partial charge in [0.15, 0.2) is 0 Å². The molecule has 4 aliphatic heterocycles. The molecule has 0 bridgehead atoms. The Morgan fingerprint density at radius 2 is 1.82 bits per heavy atom. The summed E-state index contributed by atoms with van der Waals surface area (Å²) in [6, 6.07) is 9.67. The smallest absolute Gasteiger partial charge is 0.539 e. The SMILES string of the molecule is CC(C)(C)OC(=O)N1CC2(C1)CN(c1ccc(-c3cc(F)c4c(c3)C(=O)N(C([C-]=O)c3ncn5c3C[C@@H](F)C5)C4)cc1)C2.[Li+]. The van der Waals surface area contributed by atoms with E-state index in [0.717, 1.165) is 24.3 Å². The molecule has 1 aromatic heterocycles. The number of carbonyl (C=O) groups is 2. The fourth-order valence-corrected chi connectivity index (χ4v) is 6.78. The summed E-state index contributed by atoms with van der Waals surface area (Å²) in [5.41, 5.74) is 3.19. The molecule has 5 heterocycles. The third-order valence-electron chi connectivity index (χ3n) is 8.81. The van der Waals surface area contributed by atoms with E-state index in [1.165, 1.54) is 17.3 Å². The number of aromatic nitrogens is 2. The van der Waals surface area contributed by atoms with E-state index in [1.807, 2.05) is 51.3 Å². The van der Waals surface area contributed by atoms with Crippen LogP contribution in [0.3, 0.4) is 0 Å². The van der Waals surface area contributed by atoms with Crippen LogP contribution in [0.4, 0.5) is 19.3 Å². The molecule has 2 atom stereocenters. The van der Waals surface area contributed by atoms with Gasteiger partial charge < -0.3 is 28.8 Å². The van der Waals surface area contributed by atoms with E-state index in [0.29, 0.717) is 30.0 Å². The van der Waals surface area contributed by atoms with Crippen LogP contribution in [0.2, 0.25) is 0 Å². The molecule has 7 rings (SSSR count). The Bertz CT molecular complexity index is 1640. The van der Waals surface area contributed by atoms with Crippen molar-refractivity contribution in [3.05, 3.63) is 71.1 Å². The molecule has 2 saturated heterocycles. The fourth-order valence-electron chi connectivity index (χ4n) is 6.78. The van der Waals surface area contributed by atoms with Crippen molar-refractivity contribution in [1.29, 1.82) is 0 Å². The summed E-state index contributed by atoms with van der Waals surface area (Å²) in [4.78, 5) is 47.3. The summed E-state index contributed by atoms with van der Waals surface area (Å²) in [5.74, 6) is -1.01. The van der Waals surface area contributed by atoms with Gasteiger partial charge in [0.05, 0.1) is 18.6 Å². The molecule has 2 fully saturated rings. The number of alkyl halides is 1. The Morgan fingerprint density at radius 1 is 1.11 bits per heavy atom. The Kier molecular flexibility index (Phi) is 7.41. The van der Waals surface area contributed by atoms with Crippen LogP contribution in [0.1, 0.15) is 54.1 Å². The van der Waals surface area contributed by atoms with Crippen molar-refractivity contribution < 1.29 is 46.8 Å². The molecule has 9 nitrogen and oxygen atoms in total. The number of imidazole rings is 1. The molecule has 224 valence electrons. The van der Waals surface area contributed by atoms with Crippen molar-refractivity contribution in [2.75, 3.05) is 31.1 Å². The third kappa shape index (κ3) is 5.10. The van der Waals surface area contributed by atoms with Gasteiger partial charge in [-0.25, -0.2) is 24.8 Å².